The molecule has 1 aromatic carbocycles. The smallest absolute Gasteiger partial charge is 0.275 e. The van der Waals surface area contributed by atoms with Gasteiger partial charge in [0.15, 0.2) is 0 Å². The van der Waals surface area contributed by atoms with Gasteiger partial charge >= 0.3 is 0 Å². The van der Waals surface area contributed by atoms with Crippen molar-refractivity contribution in [3.8, 4) is 22.4 Å². The number of nitrogens with two attached hydrogens (primary N) is 1. The average Bonchev–Trinajstić information content (AvgIpc) is 3.11. The van der Waals surface area contributed by atoms with Crippen LogP contribution in [-0.4, -0.2) is 14.8 Å². The van der Waals surface area contributed by atoms with Crippen LogP contribution in [0.25, 0.3) is 32.5 Å². The standard InChI is InChI=1S/C19H16N4OS/c1-23-19(24)16-15(13-4-2-12(10-20)3-5-13)11-25-18(16)17(22-23)14-6-8-21-9-7-14/h2-9,11H,10,20H2,1H3. The third-order valence-electron chi connectivity index (χ3n) is 4.22. The number of thiophene rings is 1. The number of nitrogens with zero attached hydrogens (tertiary/aromatic N) is 3. The first-order chi connectivity index (χ1) is 12.2. The molecule has 2 N–H and O–H groups in total. The lowest BCUT2D eigenvalue weighted by Gasteiger charge is -2.07. The molecule has 0 unspecified atom stereocenters. The Morgan fingerprint density at radius 2 is 1.80 bits per heavy atom. The Morgan fingerprint density at radius 1 is 1.08 bits per heavy atom. The van der Waals surface area contributed by atoms with Gasteiger partial charge in [0.1, 0.15) is 5.69 Å². The van der Waals surface area contributed by atoms with Crippen LogP contribution in [0.2, 0.25) is 0 Å². The molecule has 0 aliphatic rings. The lowest BCUT2D eigenvalue weighted by molar-refractivity contribution is 0.723. The highest BCUT2D eigenvalue weighted by atomic mass is 32.1. The van der Waals surface area contributed by atoms with Gasteiger partial charge in [-0.1, -0.05) is 24.3 Å². The Hall–Kier alpha value is -2.83. The number of hydrogen-bond acceptors (Lipinski definition) is 5. The van der Waals surface area contributed by atoms with Crippen molar-refractivity contribution in [1.82, 2.24) is 14.8 Å². The third kappa shape index (κ3) is 2.65. The monoisotopic (exact) mass is 348 g/mol. The van der Waals surface area contributed by atoms with Crippen LogP contribution in [0.15, 0.2) is 59.0 Å². The molecule has 3 aromatic heterocycles. The van der Waals surface area contributed by atoms with Gasteiger partial charge in [-0.3, -0.25) is 9.78 Å². The normalized spacial score (nSPS) is 11.1. The van der Waals surface area contributed by atoms with Gasteiger partial charge in [-0.15, -0.1) is 11.3 Å². The molecule has 124 valence electrons. The molecule has 4 aromatic rings. The van der Waals surface area contributed by atoms with Crippen molar-refractivity contribution in [2.45, 2.75) is 6.54 Å². The lowest BCUT2D eigenvalue weighted by Crippen LogP contribution is -2.20. The molecule has 0 aliphatic heterocycles. The number of benzene rings is 1. The molecule has 0 radical (unpaired) electrons. The molecule has 3 heterocycles. The minimum absolute atomic E-state index is 0.0908. The molecule has 0 fully saturated rings. The van der Waals surface area contributed by atoms with Crippen molar-refractivity contribution in [3.05, 3.63) is 70.1 Å². The van der Waals surface area contributed by atoms with Gasteiger partial charge in [0.25, 0.3) is 5.56 Å². The summed E-state index contributed by atoms with van der Waals surface area (Å²) in [5, 5.41) is 7.20. The highest BCUT2D eigenvalue weighted by Gasteiger charge is 2.17. The second kappa shape index (κ2) is 6.23. The molecule has 25 heavy (non-hydrogen) atoms. The van der Waals surface area contributed by atoms with E-state index in [0.29, 0.717) is 11.9 Å². The summed E-state index contributed by atoms with van der Waals surface area (Å²) in [5.41, 5.74) is 10.3. The average molecular weight is 348 g/mol. The fourth-order valence-corrected chi connectivity index (χ4v) is 3.95. The van der Waals surface area contributed by atoms with E-state index in [0.717, 1.165) is 32.6 Å². The third-order valence-corrected chi connectivity index (χ3v) is 5.21. The van der Waals surface area contributed by atoms with E-state index in [9.17, 15) is 4.79 Å². The second-order valence-electron chi connectivity index (χ2n) is 5.77. The number of fused-ring (bicyclic) bond motifs is 1. The van der Waals surface area contributed by atoms with Crippen molar-refractivity contribution >= 4 is 21.4 Å². The summed E-state index contributed by atoms with van der Waals surface area (Å²) in [6.07, 6.45) is 3.46. The summed E-state index contributed by atoms with van der Waals surface area (Å²) >= 11 is 1.54. The summed E-state index contributed by atoms with van der Waals surface area (Å²) in [4.78, 5) is 16.8. The SMILES string of the molecule is Cn1nc(-c2ccncc2)c2scc(-c3ccc(CN)cc3)c2c1=O. The summed E-state index contributed by atoms with van der Waals surface area (Å²) in [5.74, 6) is 0. The highest BCUT2D eigenvalue weighted by Crippen LogP contribution is 2.36. The van der Waals surface area contributed by atoms with Crippen LogP contribution in [0.5, 0.6) is 0 Å². The number of hydrogen-bond donors (Lipinski definition) is 1. The van der Waals surface area contributed by atoms with Crippen molar-refractivity contribution in [3.63, 3.8) is 0 Å². The van der Waals surface area contributed by atoms with Crippen LogP contribution in [-0.2, 0) is 13.6 Å². The number of aromatic nitrogens is 3. The topological polar surface area (TPSA) is 73.8 Å². The summed E-state index contributed by atoms with van der Waals surface area (Å²) in [6, 6.07) is 11.8. The van der Waals surface area contributed by atoms with E-state index in [2.05, 4.69) is 10.1 Å². The molecule has 4 rings (SSSR count). The van der Waals surface area contributed by atoms with Gasteiger partial charge in [-0.2, -0.15) is 5.10 Å². The molecule has 0 spiro atoms. The lowest BCUT2D eigenvalue weighted by atomic mass is 10.0. The van der Waals surface area contributed by atoms with Crippen LogP contribution < -0.4 is 11.3 Å². The van der Waals surface area contributed by atoms with Gasteiger partial charge in [0.2, 0.25) is 0 Å². The molecular weight excluding hydrogens is 332 g/mol. The Labute approximate surface area is 148 Å². The van der Waals surface area contributed by atoms with Gasteiger partial charge in [0, 0.05) is 42.5 Å². The first kappa shape index (κ1) is 15.7. The molecule has 0 atom stereocenters. The Morgan fingerprint density at radius 3 is 2.48 bits per heavy atom. The fourth-order valence-electron chi connectivity index (χ4n) is 2.88. The predicted octanol–water partition coefficient (Wildman–Crippen LogP) is 3.18. The van der Waals surface area contributed by atoms with Gasteiger partial charge in [-0.05, 0) is 23.3 Å². The number of pyridine rings is 1. The van der Waals surface area contributed by atoms with Gasteiger partial charge in [-0.25, -0.2) is 4.68 Å². The van der Waals surface area contributed by atoms with Crippen LogP contribution in [0, 0.1) is 0 Å². The van der Waals surface area contributed by atoms with E-state index >= 15 is 0 Å². The van der Waals surface area contributed by atoms with Crippen LogP contribution in [0.4, 0.5) is 0 Å². The first-order valence-electron chi connectivity index (χ1n) is 7.87. The van der Waals surface area contributed by atoms with E-state index in [4.69, 9.17) is 5.73 Å². The molecule has 0 amide bonds. The van der Waals surface area contributed by atoms with Gasteiger partial charge in [0.05, 0.1) is 10.1 Å². The molecule has 0 bridgehead atoms. The molecule has 5 nitrogen and oxygen atoms in total. The Balaban J connectivity index is 1.99. The van der Waals surface area contributed by atoms with E-state index in [1.54, 1.807) is 30.8 Å². The zero-order valence-electron chi connectivity index (χ0n) is 13.6. The molecule has 0 aliphatic carbocycles. The van der Waals surface area contributed by atoms with Crippen molar-refractivity contribution in [2.24, 2.45) is 12.8 Å². The first-order valence-corrected chi connectivity index (χ1v) is 8.75. The van der Waals surface area contributed by atoms with E-state index in [-0.39, 0.29) is 5.56 Å². The van der Waals surface area contributed by atoms with E-state index in [1.165, 1.54) is 4.68 Å². The van der Waals surface area contributed by atoms with Crippen LogP contribution >= 0.6 is 11.3 Å². The Bertz CT molecular complexity index is 1100. The van der Waals surface area contributed by atoms with Crippen LogP contribution in [0.1, 0.15) is 5.56 Å². The maximum atomic E-state index is 12.8. The van der Waals surface area contributed by atoms with E-state index < -0.39 is 0 Å². The van der Waals surface area contributed by atoms with Crippen molar-refractivity contribution in [1.29, 1.82) is 0 Å². The zero-order valence-corrected chi connectivity index (χ0v) is 14.5. The summed E-state index contributed by atoms with van der Waals surface area (Å²) in [6.45, 7) is 0.503. The maximum Gasteiger partial charge on any atom is 0.275 e. The number of rotatable bonds is 3. The quantitative estimate of drug-likeness (QED) is 0.617. The largest absolute Gasteiger partial charge is 0.326 e. The van der Waals surface area contributed by atoms with Crippen LogP contribution in [0.3, 0.4) is 0 Å². The highest BCUT2D eigenvalue weighted by molar-refractivity contribution is 7.18. The summed E-state index contributed by atoms with van der Waals surface area (Å²) in [7, 11) is 1.69. The van der Waals surface area contributed by atoms with E-state index in [1.807, 2.05) is 41.8 Å². The molecule has 6 heteroatoms. The molecule has 0 saturated carbocycles. The molecular formula is C19H16N4OS. The predicted molar refractivity (Wildman–Crippen MR) is 101 cm³/mol. The fraction of sp³-hybridized carbons (Fsp3) is 0.105. The minimum atomic E-state index is -0.0908. The maximum absolute atomic E-state index is 12.8. The molecule has 0 saturated heterocycles. The Kier molecular flexibility index (Phi) is 3.91. The summed E-state index contributed by atoms with van der Waals surface area (Å²) < 4.78 is 2.30. The van der Waals surface area contributed by atoms with Crippen molar-refractivity contribution in [2.75, 3.05) is 0 Å². The second-order valence-corrected chi connectivity index (χ2v) is 6.65. The number of aryl methyl sites for hydroxylation is 1. The minimum Gasteiger partial charge on any atom is -0.326 e. The zero-order chi connectivity index (χ0) is 17.4. The van der Waals surface area contributed by atoms with Gasteiger partial charge < -0.3 is 5.73 Å². The van der Waals surface area contributed by atoms with Crippen molar-refractivity contribution < 1.29 is 0 Å².